The van der Waals surface area contributed by atoms with Crippen molar-refractivity contribution in [3.63, 3.8) is 0 Å². The van der Waals surface area contributed by atoms with E-state index < -0.39 is 0 Å². The molecule has 2 nitrogen and oxygen atoms in total. The first-order valence-electron chi connectivity index (χ1n) is 6.70. The minimum Gasteiger partial charge on any atom is -0.379 e. The average Bonchev–Trinajstić information content (AvgIpc) is 2.49. The predicted octanol–water partition coefficient (Wildman–Crippen LogP) is 2.95. The molecule has 104 valence electrons. The first-order chi connectivity index (χ1) is 9.43. The maximum absolute atomic E-state index is 5.33. The standard InChI is InChI=1S/C17H17NO.ClH/c1-2-9-17-15(5-1)6-3-7-16(17)8-4-10-18-11-13-19-14-12-18;/h1-3,5-7,9H,10-14H2;1H. The second-order valence-electron chi connectivity index (χ2n) is 4.72. The van der Waals surface area contributed by atoms with Crippen LogP contribution in [0.5, 0.6) is 0 Å². The zero-order valence-corrected chi connectivity index (χ0v) is 12.2. The summed E-state index contributed by atoms with van der Waals surface area (Å²) in [6, 6.07) is 14.7. The minimum atomic E-state index is 0. The molecule has 1 saturated heterocycles. The van der Waals surface area contributed by atoms with Gasteiger partial charge in [0.05, 0.1) is 19.8 Å². The highest BCUT2D eigenvalue weighted by atomic mass is 35.5. The second kappa shape index (κ2) is 7.31. The fraction of sp³-hybridized carbons (Fsp3) is 0.294. The van der Waals surface area contributed by atoms with Crippen molar-refractivity contribution < 1.29 is 4.74 Å². The first kappa shape index (κ1) is 14.9. The van der Waals surface area contributed by atoms with Crippen molar-refractivity contribution in [3.8, 4) is 11.8 Å². The summed E-state index contributed by atoms with van der Waals surface area (Å²) in [4.78, 5) is 2.33. The number of rotatable bonds is 1. The van der Waals surface area contributed by atoms with Gasteiger partial charge in [-0.1, -0.05) is 48.2 Å². The summed E-state index contributed by atoms with van der Waals surface area (Å²) in [6.07, 6.45) is 0. The van der Waals surface area contributed by atoms with Crippen molar-refractivity contribution in [1.82, 2.24) is 4.90 Å². The topological polar surface area (TPSA) is 12.5 Å². The lowest BCUT2D eigenvalue weighted by atomic mass is 10.1. The minimum absolute atomic E-state index is 0. The van der Waals surface area contributed by atoms with Gasteiger partial charge in [-0.15, -0.1) is 12.4 Å². The molecule has 0 bridgehead atoms. The Morgan fingerprint density at radius 3 is 2.60 bits per heavy atom. The third-order valence-corrected chi connectivity index (χ3v) is 3.42. The molecule has 2 aromatic carbocycles. The van der Waals surface area contributed by atoms with E-state index in [4.69, 9.17) is 4.74 Å². The molecule has 1 aliphatic rings. The Balaban J connectivity index is 0.00000147. The summed E-state index contributed by atoms with van der Waals surface area (Å²) in [5.74, 6) is 6.59. The Bertz CT molecular complexity index is 618. The van der Waals surface area contributed by atoms with Crippen LogP contribution in [0.25, 0.3) is 10.8 Å². The Morgan fingerprint density at radius 1 is 1.00 bits per heavy atom. The lowest BCUT2D eigenvalue weighted by molar-refractivity contribution is 0.0443. The number of fused-ring (bicyclic) bond motifs is 1. The fourth-order valence-corrected chi connectivity index (χ4v) is 2.34. The van der Waals surface area contributed by atoms with Gasteiger partial charge in [-0.3, -0.25) is 4.90 Å². The zero-order chi connectivity index (χ0) is 12.9. The van der Waals surface area contributed by atoms with Crippen molar-refractivity contribution in [2.24, 2.45) is 0 Å². The molecule has 1 heterocycles. The van der Waals surface area contributed by atoms with E-state index in [1.807, 2.05) is 0 Å². The average molecular weight is 288 g/mol. The first-order valence-corrected chi connectivity index (χ1v) is 6.70. The van der Waals surface area contributed by atoms with Gasteiger partial charge < -0.3 is 4.74 Å². The molecule has 0 amide bonds. The van der Waals surface area contributed by atoms with Crippen molar-refractivity contribution >= 4 is 23.2 Å². The molecule has 0 saturated carbocycles. The van der Waals surface area contributed by atoms with Crippen molar-refractivity contribution in [2.45, 2.75) is 0 Å². The van der Waals surface area contributed by atoms with Crippen LogP contribution in [0.1, 0.15) is 5.56 Å². The summed E-state index contributed by atoms with van der Waals surface area (Å²) in [5, 5.41) is 2.49. The number of morpholine rings is 1. The van der Waals surface area contributed by atoms with Crippen LogP contribution in [0.15, 0.2) is 42.5 Å². The normalized spacial score (nSPS) is 15.2. The molecule has 0 atom stereocenters. The number of hydrogen-bond acceptors (Lipinski definition) is 2. The number of halogens is 1. The maximum atomic E-state index is 5.33. The molecule has 1 fully saturated rings. The van der Waals surface area contributed by atoms with Gasteiger partial charge in [0.1, 0.15) is 0 Å². The fourth-order valence-electron chi connectivity index (χ4n) is 2.34. The zero-order valence-electron chi connectivity index (χ0n) is 11.3. The lowest BCUT2D eigenvalue weighted by Crippen LogP contribution is -2.36. The molecule has 20 heavy (non-hydrogen) atoms. The highest BCUT2D eigenvalue weighted by Crippen LogP contribution is 2.17. The Hall–Kier alpha value is -1.53. The third-order valence-electron chi connectivity index (χ3n) is 3.42. The Labute approximate surface area is 126 Å². The lowest BCUT2D eigenvalue weighted by Gasteiger charge is -2.24. The molecule has 0 aromatic heterocycles. The third kappa shape index (κ3) is 3.52. The molecule has 1 aliphatic heterocycles. The number of nitrogens with zero attached hydrogens (tertiary/aromatic N) is 1. The van der Waals surface area contributed by atoms with Gasteiger partial charge >= 0.3 is 0 Å². The Kier molecular flexibility index (Phi) is 5.43. The number of benzene rings is 2. The van der Waals surface area contributed by atoms with Gasteiger partial charge in [-0.25, -0.2) is 0 Å². The predicted molar refractivity (Wildman–Crippen MR) is 85.3 cm³/mol. The molecular formula is C17H18ClNO. The molecule has 0 radical (unpaired) electrons. The molecule has 0 spiro atoms. The van der Waals surface area contributed by atoms with Gasteiger partial charge in [-0.2, -0.15) is 0 Å². The maximum Gasteiger partial charge on any atom is 0.0606 e. The molecule has 0 aliphatic carbocycles. The molecule has 0 unspecified atom stereocenters. The monoisotopic (exact) mass is 287 g/mol. The van der Waals surface area contributed by atoms with Crippen molar-refractivity contribution in [1.29, 1.82) is 0 Å². The largest absolute Gasteiger partial charge is 0.379 e. The SMILES string of the molecule is C(#Cc1cccc2ccccc12)CN1CCOCC1.Cl. The quantitative estimate of drug-likeness (QED) is 0.748. The molecule has 0 N–H and O–H groups in total. The van der Waals surface area contributed by atoms with E-state index in [0.717, 1.165) is 38.4 Å². The Morgan fingerprint density at radius 2 is 1.75 bits per heavy atom. The van der Waals surface area contributed by atoms with Gasteiger partial charge in [-0.05, 0) is 16.8 Å². The van der Waals surface area contributed by atoms with Crippen molar-refractivity contribution in [3.05, 3.63) is 48.0 Å². The summed E-state index contributed by atoms with van der Waals surface area (Å²) >= 11 is 0. The van der Waals surface area contributed by atoms with E-state index in [1.54, 1.807) is 0 Å². The van der Waals surface area contributed by atoms with Gasteiger partial charge in [0.15, 0.2) is 0 Å². The van der Waals surface area contributed by atoms with Gasteiger partial charge in [0, 0.05) is 18.7 Å². The van der Waals surface area contributed by atoms with Crippen LogP contribution in [0.4, 0.5) is 0 Å². The number of ether oxygens (including phenoxy) is 1. The number of hydrogen-bond donors (Lipinski definition) is 0. The van der Waals surface area contributed by atoms with E-state index in [1.165, 1.54) is 10.8 Å². The smallest absolute Gasteiger partial charge is 0.0606 e. The van der Waals surface area contributed by atoms with Crippen LogP contribution >= 0.6 is 12.4 Å². The summed E-state index contributed by atoms with van der Waals surface area (Å²) < 4.78 is 5.33. The summed E-state index contributed by atoms with van der Waals surface area (Å²) in [6.45, 7) is 4.47. The summed E-state index contributed by atoms with van der Waals surface area (Å²) in [7, 11) is 0. The van der Waals surface area contributed by atoms with Crippen LogP contribution in [0, 0.1) is 11.8 Å². The van der Waals surface area contributed by atoms with Crippen LogP contribution < -0.4 is 0 Å². The second-order valence-corrected chi connectivity index (χ2v) is 4.72. The van der Waals surface area contributed by atoms with E-state index >= 15 is 0 Å². The molecule has 3 rings (SSSR count). The highest BCUT2D eigenvalue weighted by Gasteiger charge is 2.07. The molecule has 2 aromatic rings. The molecular weight excluding hydrogens is 270 g/mol. The van der Waals surface area contributed by atoms with E-state index in [2.05, 4.69) is 59.2 Å². The highest BCUT2D eigenvalue weighted by molar-refractivity contribution is 5.88. The van der Waals surface area contributed by atoms with Crippen LogP contribution in [-0.4, -0.2) is 37.7 Å². The van der Waals surface area contributed by atoms with Crippen LogP contribution in [0.2, 0.25) is 0 Å². The summed E-state index contributed by atoms with van der Waals surface area (Å²) in [5.41, 5.74) is 1.12. The van der Waals surface area contributed by atoms with E-state index in [-0.39, 0.29) is 12.4 Å². The molecule has 3 heteroatoms. The van der Waals surface area contributed by atoms with Crippen molar-refractivity contribution in [2.75, 3.05) is 32.8 Å². The van der Waals surface area contributed by atoms with E-state index in [0.29, 0.717) is 0 Å². The van der Waals surface area contributed by atoms with Crippen LogP contribution in [-0.2, 0) is 4.74 Å². The van der Waals surface area contributed by atoms with Gasteiger partial charge in [0.25, 0.3) is 0 Å². The van der Waals surface area contributed by atoms with Crippen LogP contribution in [0.3, 0.4) is 0 Å². The van der Waals surface area contributed by atoms with E-state index in [9.17, 15) is 0 Å². The van der Waals surface area contributed by atoms with Gasteiger partial charge in [0.2, 0.25) is 0 Å².